The minimum Gasteiger partial charge on any atom is -0.379 e. The molecule has 0 unspecified atom stereocenters. The minimum atomic E-state index is -3.57. The van der Waals surface area contributed by atoms with Crippen molar-refractivity contribution in [1.82, 2.24) is 24.1 Å². The van der Waals surface area contributed by atoms with Crippen LogP contribution >= 0.6 is 0 Å². The van der Waals surface area contributed by atoms with Crippen molar-refractivity contribution in [3.63, 3.8) is 0 Å². The molecule has 0 bridgehead atoms. The van der Waals surface area contributed by atoms with Gasteiger partial charge in [0.1, 0.15) is 5.82 Å². The number of morpholine rings is 1. The largest absolute Gasteiger partial charge is 0.379 e. The number of hydrogen-bond donors (Lipinski definition) is 1. The number of nitrogens with zero attached hydrogens (tertiary/aromatic N) is 4. The van der Waals surface area contributed by atoms with Crippen LogP contribution in [0, 0.1) is 5.92 Å². The molecule has 1 aromatic heterocycles. The van der Waals surface area contributed by atoms with Gasteiger partial charge < -0.3 is 19.5 Å². The predicted octanol–water partition coefficient (Wildman–Crippen LogP) is 1.37. The molecule has 9 nitrogen and oxygen atoms in total. The second-order valence-corrected chi connectivity index (χ2v) is 11.1. The number of likely N-dealkylation sites (tertiary alicyclic amines) is 1. The molecule has 1 N–H and O–H groups in total. The van der Waals surface area contributed by atoms with Crippen LogP contribution in [0.25, 0.3) is 11.0 Å². The van der Waals surface area contributed by atoms with Crippen molar-refractivity contribution in [2.45, 2.75) is 37.0 Å². The van der Waals surface area contributed by atoms with Crippen LogP contribution < -0.4 is 5.32 Å². The molecule has 0 atom stereocenters. The average Bonchev–Trinajstić information content (AvgIpc) is 3.14. The molecule has 1 amide bonds. The lowest BCUT2D eigenvalue weighted by atomic mass is 9.94. The molecule has 182 valence electrons. The second kappa shape index (κ2) is 10.5. The Hall–Kier alpha value is -2.01. The Labute approximate surface area is 196 Å². The van der Waals surface area contributed by atoms with Crippen LogP contribution in [-0.4, -0.2) is 86.1 Å². The van der Waals surface area contributed by atoms with Crippen LogP contribution in [0.15, 0.2) is 23.1 Å². The molecule has 2 aliphatic heterocycles. The molecule has 2 saturated heterocycles. The van der Waals surface area contributed by atoms with E-state index in [1.165, 1.54) is 17.1 Å². The van der Waals surface area contributed by atoms with Crippen LogP contribution in [0.3, 0.4) is 0 Å². The van der Waals surface area contributed by atoms with Gasteiger partial charge in [0, 0.05) is 39.5 Å². The number of amides is 1. The number of carbonyl (C=O) groups is 1. The number of ether oxygens (including phenoxy) is 1. The predicted molar refractivity (Wildman–Crippen MR) is 126 cm³/mol. The Kier molecular flexibility index (Phi) is 7.68. The first-order valence-electron chi connectivity index (χ1n) is 11.8. The Morgan fingerprint density at radius 1 is 1.15 bits per heavy atom. The van der Waals surface area contributed by atoms with Crippen molar-refractivity contribution < 1.29 is 17.9 Å². The number of carbonyl (C=O) groups excluding carboxylic acids is 1. The van der Waals surface area contributed by atoms with Gasteiger partial charge in [-0.1, -0.05) is 0 Å². The van der Waals surface area contributed by atoms with Gasteiger partial charge in [-0.3, -0.25) is 4.79 Å². The Balaban J connectivity index is 1.33. The van der Waals surface area contributed by atoms with Crippen molar-refractivity contribution in [3.8, 4) is 0 Å². The number of hydrogen-bond acceptors (Lipinski definition) is 6. The standard InChI is InChI=1S/C23H35N5O4S/c1-26-11-8-18(9-12-26)7-10-24-23(29)6-5-22-25-20-17-19(3-4-21(20)27(22)2)33(30,31)28-13-15-32-16-14-28/h3-4,17-18H,5-16H2,1-2H3,(H,24,29). The molecule has 0 spiro atoms. The Morgan fingerprint density at radius 2 is 1.88 bits per heavy atom. The van der Waals surface area contributed by atoms with Gasteiger partial charge in [0.15, 0.2) is 0 Å². The van der Waals surface area contributed by atoms with Crippen LogP contribution in [0.1, 0.15) is 31.5 Å². The zero-order chi connectivity index (χ0) is 23.4. The molecule has 33 heavy (non-hydrogen) atoms. The highest BCUT2D eigenvalue weighted by atomic mass is 32.2. The molecular weight excluding hydrogens is 442 g/mol. The first-order chi connectivity index (χ1) is 15.8. The number of imidazole rings is 1. The van der Waals surface area contributed by atoms with Crippen molar-refractivity contribution in [3.05, 3.63) is 24.0 Å². The highest BCUT2D eigenvalue weighted by molar-refractivity contribution is 7.89. The summed E-state index contributed by atoms with van der Waals surface area (Å²) in [5.74, 6) is 1.51. The summed E-state index contributed by atoms with van der Waals surface area (Å²) in [6, 6.07) is 5.06. The molecule has 2 aliphatic rings. The maximum Gasteiger partial charge on any atom is 0.243 e. The summed E-state index contributed by atoms with van der Waals surface area (Å²) in [5.41, 5.74) is 1.48. The van der Waals surface area contributed by atoms with E-state index in [4.69, 9.17) is 4.74 Å². The van der Waals surface area contributed by atoms with E-state index in [1.54, 1.807) is 18.2 Å². The molecule has 0 aliphatic carbocycles. The molecule has 2 aromatic rings. The summed E-state index contributed by atoms with van der Waals surface area (Å²) in [4.78, 5) is 19.6. The summed E-state index contributed by atoms with van der Waals surface area (Å²) in [7, 11) is 0.489. The van der Waals surface area contributed by atoms with Gasteiger partial charge in [-0.05, 0) is 63.5 Å². The maximum absolute atomic E-state index is 12.9. The molecule has 4 rings (SSSR count). The highest BCUT2D eigenvalue weighted by Crippen LogP contribution is 2.23. The summed E-state index contributed by atoms with van der Waals surface area (Å²) in [6.45, 7) is 4.55. The highest BCUT2D eigenvalue weighted by Gasteiger charge is 2.27. The van der Waals surface area contributed by atoms with Gasteiger partial charge in [-0.25, -0.2) is 13.4 Å². The first-order valence-corrected chi connectivity index (χ1v) is 13.3. The molecule has 0 saturated carbocycles. The van der Waals surface area contributed by atoms with E-state index in [0.717, 1.165) is 37.4 Å². The fourth-order valence-electron chi connectivity index (χ4n) is 4.63. The van der Waals surface area contributed by atoms with E-state index in [9.17, 15) is 13.2 Å². The molecular formula is C23H35N5O4S. The molecule has 3 heterocycles. The van der Waals surface area contributed by atoms with E-state index in [-0.39, 0.29) is 10.8 Å². The smallest absolute Gasteiger partial charge is 0.243 e. The van der Waals surface area contributed by atoms with E-state index in [0.29, 0.717) is 50.6 Å². The Bertz CT molecular complexity index is 1070. The number of benzene rings is 1. The van der Waals surface area contributed by atoms with Gasteiger partial charge in [0.25, 0.3) is 0 Å². The molecule has 1 aromatic carbocycles. The van der Waals surface area contributed by atoms with Gasteiger partial charge in [0.05, 0.1) is 29.1 Å². The number of rotatable bonds is 8. The van der Waals surface area contributed by atoms with Crippen molar-refractivity contribution in [2.24, 2.45) is 13.0 Å². The van der Waals surface area contributed by atoms with Gasteiger partial charge in [-0.2, -0.15) is 4.31 Å². The normalized spacial score (nSPS) is 19.2. The Morgan fingerprint density at radius 3 is 2.61 bits per heavy atom. The molecule has 10 heteroatoms. The van der Waals surface area contributed by atoms with Crippen LogP contribution in [0.2, 0.25) is 0 Å². The third kappa shape index (κ3) is 5.74. The lowest BCUT2D eigenvalue weighted by Crippen LogP contribution is -2.40. The van der Waals surface area contributed by atoms with E-state index in [1.807, 2.05) is 11.6 Å². The number of piperidine rings is 1. The topological polar surface area (TPSA) is 96.8 Å². The number of nitrogens with one attached hydrogen (secondary N) is 1. The fraction of sp³-hybridized carbons (Fsp3) is 0.652. The van der Waals surface area contributed by atoms with Gasteiger partial charge in [0.2, 0.25) is 15.9 Å². The van der Waals surface area contributed by atoms with Crippen molar-refractivity contribution >= 4 is 27.0 Å². The third-order valence-electron chi connectivity index (χ3n) is 6.84. The van der Waals surface area contributed by atoms with Crippen LogP contribution in [0.5, 0.6) is 0 Å². The van der Waals surface area contributed by atoms with Gasteiger partial charge >= 0.3 is 0 Å². The van der Waals surface area contributed by atoms with E-state index >= 15 is 0 Å². The zero-order valence-electron chi connectivity index (χ0n) is 19.6. The van der Waals surface area contributed by atoms with Crippen molar-refractivity contribution in [2.75, 3.05) is 53.0 Å². The van der Waals surface area contributed by atoms with Crippen LogP contribution in [0.4, 0.5) is 0 Å². The number of aromatic nitrogens is 2. The quantitative estimate of drug-likeness (QED) is 0.617. The van der Waals surface area contributed by atoms with E-state index < -0.39 is 10.0 Å². The SMILES string of the molecule is CN1CCC(CCNC(=O)CCc2nc3cc(S(=O)(=O)N4CCOCC4)ccc3n2C)CC1. The van der Waals surface area contributed by atoms with Crippen molar-refractivity contribution in [1.29, 1.82) is 0 Å². The number of sulfonamides is 1. The third-order valence-corrected chi connectivity index (χ3v) is 8.74. The number of aryl methyl sites for hydroxylation is 2. The first kappa shape index (κ1) is 24.1. The summed E-state index contributed by atoms with van der Waals surface area (Å²) >= 11 is 0. The summed E-state index contributed by atoms with van der Waals surface area (Å²) < 4.78 is 34.6. The monoisotopic (exact) mass is 477 g/mol. The average molecular weight is 478 g/mol. The summed E-state index contributed by atoms with van der Waals surface area (Å²) in [5, 5.41) is 3.05. The van der Waals surface area contributed by atoms with E-state index in [2.05, 4.69) is 22.2 Å². The molecule has 0 radical (unpaired) electrons. The number of fused-ring (bicyclic) bond motifs is 1. The second-order valence-electron chi connectivity index (χ2n) is 9.14. The molecule has 2 fully saturated rings. The van der Waals surface area contributed by atoms with Gasteiger partial charge in [-0.15, -0.1) is 0 Å². The fourth-order valence-corrected chi connectivity index (χ4v) is 6.06. The lowest BCUT2D eigenvalue weighted by molar-refractivity contribution is -0.121. The zero-order valence-corrected chi connectivity index (χ0v) is 20.4. The maximum atomic E-state index is 12.9. The minimum absolute atomic E-state index is 0.0329. The lowest BCUT2D eigenvalue weighted by Gasteiger charge is -2.28. The van der Waals surface area contributed by atoms with Crippen LogP contribution in [-0.2, 0) is 33.0 Å². The summed E-state index contributed by atoms with van der Waals surface area (Å²) in [6.07, 6.45) is 4.32.